The maximum absolute atomic E-state index is 13.8. The molecule has 0 aliphatic carbocycles. The first-order valence-electron chi connectivity index (χ1n) is 7.95. The van der Waals surface area contributed by atoms with Crippen molar-refractivity contribution in [2.24, 2.45) is 0 Å². The molecule has 1 aliphatic rings. The van der Waals surface area contributed by atoms with E-state index in [0.29, 0.717) is 17.2 Å². The van der Waals surface area contributed by atoms with Gasteiger partial charge >= 0.3 is 0 Å². The van der Waals surface area contributed by atoms with E-state index in [2.05, 4.69) is 23.6 Å². The molecule has 2 rings (SSSR count). The Bertz CT molecular complexity index is 486. The standard InChI is InChI=1S/C17H27FN2O/c1-5-19(6-2)14-7-8-20(11-14)17-9-12(3)16(18)10-15(17)13(4)21/h9-10,13-14,21H,5-8,11H2,1-4H3. The number of halogens is 1. The monoisotopic (exact) mass is 294 g/mol. The third-order valence-electron chi connectivity index (χ3n) is 4.59. The number of nitrogens with zero attached hydrogens (tertiary/aromatic N) is 2. The quantitative estimate of drug-likeness (QED) is 0.904. The van der Waals surface area contributed by atoms with Crippen LogP contribution in [0.25, 0.3) is 0 Å². The van der Waals surface area contributed by atoms with Gasteiger partial charge in [0.05, 0.1) is 6.10 Å². The van der Waals surface area contributed by atoms with Gasteiger partial charge in [0, 0.05) is 30.4 Å². The highest BCUT2D eigenvalue weighted by atomic mass is 19.1. The highest BCUT2D eigenvalue weighted by Crippen LogP contribution is 2.32. The summed E-state index contributed by atoms with van der Waals surface area (Å²) in [7, 11) is 0. The molecule has 0 saturated carbocycles. The van der Waals surface area contributed by atoms with Crippen molar-refractivity contribution in [3.63, 3.8) is 0 Å². The molecule has 1 fully saturated rings. The fraction of sp³-hybridized carbons (Fsp3) is 0.647. The molecule has 1 N–H and O–H groups in total. The molecule has 2 atom stereocenters. The lowest BCUT2D eigenvalue weighted by atomic mass is 10.0. The van der Waals surface area contributed by atoms with Crippen molar-refractivity contribution in [1.29, 1.82) is 0 Å². The van der Waals surface area contributed by atoms with Crippen LogP contribution in [0, 0.1) is 12.7 Å². The smallest absolute Gasteiger partial charge is 0.126 e. The highest BCUT2D eigenvalue weighted by Gasteiger charge is 2.28. The van der Waals surface area contributed by atoms with Crippen LogP contribution in [0.1, 0.15) is 44.4 Å². The van der Waals surface area contributed by atoms with Crippen LogP contribution in [0.3, 0.4) is 0 Å². The van der Waals surface area contributed by atoms with Gasteiger partial charge in [0.2, 0.25) is 0 Å². The van der Waals surface area contributed by atoms with E-state index < -0.39 is 6.10 Å². The molecule has 0 bridgehead atoms. The van der Waals surface area contributed by atoms with Gasteiger partial charge in [0.15, 0.2) is 0 Å². The lowest BCUT2D eigenvalue weighted by Gasteiger charge is -2.28. The van der Waals surface area contributed by atoms with Crippen molar-refractivity contribution < 1.29 is 9.50 Å². The molecule has 1 heterocycles. The molecule has 0 spiro atoms. The first-order valence-corrected chi connectivity index (χ1v) is 7.95. The van der Waals surface area contributed by atoms with E-state index in [1.807, 2.05) is 6.07 Å². The number of aryl methyl sites for hydroxylation is 1. The summed E-state index contributed by atoms with van der Waals surface area (Å²) in [5.74, 6) is -0.242. The van der Waals surface area contributed by atoms with Crippen molar-refractivity contribution in [2.45, 2.75) is 46.3 Å². The number of anilines is 1. The second-order valence-electron chi connectivity index (χ2n) is 5.95. The van der Waals surface area contributed by atoms with Crippen LogP contribution in [-0.4, -0.2) is 42.2 Å². The number of hydrogen-bond donors (Lipinski definition) is 1. The van der Waals surface area contributed by atoms with E-state index in [1.54, 1.807) is 13.8 Å². The molecule has 3 nitrogen and oxygen atoms in total. The van der Waals surface area contributed by atoms with Crippen LogP contribution >= 0.6 is 0 Å². The van der Waals surface area contributed by atoms with Crippen LogP contribution in [-0.2, 0) is 0 Å². The van der Waals surface area contributed by atoms with E-state index in [0.717, 1.165) is 38.3 Å². The molecular formula is C17H27FN2O. The van der Waals surface area contributed by atoms with Gasteiger partial charge in [-0.15, -0.1) is 0 Å². The molecule has 118 valence electrons. The Morgan fingerprint density at radius 1 is 1.38 bits per heavy atom. The summed E-state index contributed by atoms with van der Waals surface area (Å²) in [5.41, 5.74) is 2.32. The predicted molar refractivity (Wildman–Crippen MR) is 85.3 cm³/mol. The van der Waals surface area contributed by atoms with Gasteiger partial charge < -0.3 is 10.0 Å². The van der Waals surface area contributed by atoms with E-state index in [1.165, 1.54) is 6.07 Å². The Morgan fingerprint density at radius 3 is 2.62 bits per heavy atom. The van der Waals surface area contributed by atoms with Crippen LogP contribution in [0.2, 0.25) is 0 Å². The lowest BCUT2D eigenvalue weighted by Crippen LogP contribution is -2.37. The number of likely N-dealkylation sites (N-methyl/N-ethyl adjacent to an activating group) is 1. The van der Waals surface area contributed by atoms with E-state index in [9.17, 15) is 9.50 Å². The summed E-state index contributed by atoms with van der Waals surface area (Å²) in [5, 5.41) is 9.94. The van der Waals surface area contributed by atoms with Crippen LogP contribution in [0.15, 0.2) is 12.1 Å². The number of aliphatic hydroxyl groups is 1. The Hall–Kier alpha value is -1.13. The molecule has 1 aromatic carbocycles. The maximum Gasteiger partial charge on any atom is 0.126 e. The van der Waals surface area contributed by atoms with Crippen molar-refractivity contribution in [3.8, 4) is 0 Å². The van der Waals surface area contributed by atoms with Gasteiger partial charge in [0.25, 0.3) is 0 Å². The molecular weight excluding hydrogens is 267 g/mol. The molecule has 1 aliphatic heterocycles. The van der Waals surface area contributed by atoms with E-state index in [-0.39, 0.29) is 5.82 Å². The first-order chi connectivity index (χ1) is 9.97. The number of rotatable bonds is 5. The highest BCUT2D eigenvalue weighted by molar-refractivity contribution is 5.57. The van der Waals surface area contributed by atoms with Gasteiger partial charge in [-0.2, -0.15) is 0 Å². The maximum atomic E-state index is 13.8. The summed E-state index contributed by atoms with van der Waals surface area (Å²) in [6, 6.07) is 3.91. The second kappa shape index (κ2) is 6.75. The molecule has 21 heavy (non-hydrogen) atoms. The minimum absolute atomic E-state index is 0.242. The zero-order valence-corrected chi connectivity index (χ0v) is 13.6. The summed E-state index contributed by atoms with van der Waals surface area (Å²) in [4.78, 5) is 4.76. The Kier molecular flexibility index (Phi) is 5.22. The Labute approximate surface area is 127 Å². The number of benzene rings is 1. The topological polar surface area (TPSA) is 26.7 Å². The number of hydrogen-bond acceptors (Lipinski definition) is 3. The summed E-state index contributed by atoms with van der Waals surface area (Å²) >= 11 is 0. The largest absolute Gasteiger partial charge is 0.389 e. The third-order valence-corrected chi connectivity index (χ3v) is 4.59. The van der Waals surface area contributed by atoms with Crippen LogP contribution in [0.4, 0.5) is 10.1 Å². The minimum atomic E-state index is -0.650. The molecule has 2 unspecified atom stereocenters. The summed E-state index contributed by atoms with van der Waals surface area (Å²) < 4.78 is 13.8. The summed E-state index contributed by atoms with van der Waals surface area (Å²) in [6.45, 7) is 11.9. The van der Waals surface area contributed by atoms with E-state index >= 15 is 0 Å². The third kappa shape index (κ3) is 3.38. The molecule has 0 amide bonds. The predicted octanol–water partition coefficient (Wildman–Crippen LogP) is 3.11. The van der Waals surface area contributed by atoms with Crippen molar-refractivity contribution >= 4 is 5.69 Å². The average molecular weight is 294 g/mol. The van der Waals surface area contributed by atoms with Crippen LogP contribution in [0.5, 0.6) is 0 Å². The van der Waals surface area contributed by atoms with Gasteiger partial charge in [-0.3, -0.25) is 4.90 Å². The fourth-order valence-corrected chi connectivity index (χ4v) is 3.29. The zero-order chi connectivity index (χ0) is 15.6. The molecule has 0 radical (unpaired) electrons. The van der Waals surface area contributed by atoms with Gasteiger partial charge in [0.1, 0.15) is 5.82 Å². The van der Waals surface area contributed by atoms with Gasteiger partial charge in [-0.25, -0.2) is 4.39 Å². The van der Waals surface area contributed by atoms with E-state index in [4.69, 9.17) is 0 Å². The van der Waals surface area contributed by atoms with Crippen molar-refractivity contribution in [1.82, 2.24) is 4.90 Å². The Balaban J connectivity index is 2.25. The SMILES string of the molecule is CCN(CC)C1CCN(c2cc(C)c(F)cc2C(C)O)C1. The first kappa shape index (κ1) is 16.2. The second-order valence-corrected chi connectivity index (χ2v) is 5.95. The van der Waals surface area contributed by atoms with Gasteiger partial charge in [-0.05, 0) is 51.1 Å². The molecule has 4 heteroatoms. The van der Waals surface area contributed by atoms with Crippen molar-refractivity contribution in [3.05, 3.63) is 29.1 Å². The van der Waals surface area contributed by atoms with Crippen molar-refractivity contribution in [2.75, 3.05) is 31.1 Å². The normalized spacial score (nSPS) is 20.3. The van der Waals surface area contributed by atoms with Crippen LogP contribution < -0.4 is 4.90 Å². The van der Waals surface area contributed by atoms with Gasteiger partial charge in [-0.1, -0.05) is 13.8 Å². The minimum Gasteiger partial charge on any atom is -0.389 e. The molecule has 1 saturated heterocycles. The fourth-order valence-electron chi connectivity index (χ4n) is 3.29. The summed E-state index contributed by atoms with van der Waals surface area (Å²) in [6.07, 6.45) is 0.472. The average Bonchev–Trinajstić information content (AvgIpc) is 2.92. The zero-order valence-electron chi connectivity index (χ0n) is 13.6. The molecule has 0 aromatic heterocycles. The molecule has 1 aromatic rings. The Morgan fingerprint density at radius 2 is 2.05 bits per heavy atom. The lowest BCUT2D eigenvalue weighted by molar-refractivity contribution is 0.199. The number of aliphatic hydroxyl groups excluding tert-OH is 1.